The van der Waals surface area contributed by atoms with Crippen LogP contribution < -0.4 is 4.74 Å². The van der Waals surface area contributed by atoms with E-state index < -0.39 is 5.97 Å². The highest BCUT2D eigenvalue weighted by atomic mass is 16.5. The lowest BCUT2D eigenvalue weighted by Crippen LogP contribution is -2.23. The van der Waals surface area contributed by atoms with Gasteiger partial charge in [0.25, 0.3) is 0 Å². The quantitative estimate of drug-likeness (QED) is 0.421. The van der Waals surface area contributed by atoms with Crippen LogP contribution in [-0.2, 0) is 15.6 Å². The molecule has 0 aliphatic heterocycles. The maximum atomic E-state index is 12.3. The Balaban J connectivity index is 3.45. The van der Waals surface area contributed by atoms with Crippen LogP contribution in [0.25, 0.3) is 0 Å². The number of hydrogen-bond donors (Lipinski definition) is 1. The fraction of sp³-hybridized carbons (Fsp3) is 0.619. The molecule has 0 saturated heterocycles. The van der Waals surface area contributed by atoms with Crippen LogP contribution in [0.5, 0.6) is 5.75 Å². The van der Waals surface area contributed by atoms with Gasteiger partial charge < -0.3 is 9.84 Å². The van der Waals surface area contributed by atoms with Crippen molar-refractivity contribution in [3.05, 3.63) is 28.8 Å². The minimum absolute atomic E-state index is 0.223. The van der Waals surface area contributed by atoms with Gasteiger partial charge in [-0.15, -0.1) is 0 Å². The molecule has 0 aliphatic carbocycles. The van der Waals surface area contributed by atoms with E-state index in [9.17, 15) is 14.7 Å². The van der Waals surface area contributed by atoms with Gasteiger partial charge in [0, 0.05) is 17.5 Å². The number of carbonyl (C=O) groups excluding carboxylic acids is 1. The second-order valence-electron chi connectivity index (χ2n) is 8.64. The summed E-state index contributed by atoms with van der Waals surface area (Å²) >= 11 is 0. The van der Waals surface area contributed by atoms with Gasteiger partial charge in [-0.25, -0.2) is 4.79 Å². The van der Waals surface area contributed by atoms with Crippen molar-refractivity contribution in [3.63, 3.8) is 0 Å². The first kappa shape index (κ1) is 21.2. The summed E-state index contributed by atoms with van der Waals surface area (Å²) in [6.45, 7) is 14.1. The molecule has 0 aromatic heterocycles. The fourth-order valence-corrected chi connectivity index (χ4v) is 2.66. The Kier molecular flexibility index (Phi) is 6.81. The van der Waals surface area contributed by atoms with Crippen LogP contribution in [0.2, 0.25) is 0 Å². The van der Waals surface area contributed by atoms with Crippen molar-refractivity contribution in [2.24, 2.45) is 0 Å². The summed E-state index contributed by atoms with van der Waals surface area (Å²) in [5.41, 5.74) is 1.04. The molecular formula is C21H32O4. The molecule has 0 aliphatic rings. The molecule has 4 nitrogen and oxygen atoms in total. The molecule has 4 heteroatoms. The van der Waals surface area contributed by atoms with Crippen molar-refractivity contribution in [1.82, 2.24) is 0 Å². The average Bonchev–Trinajstić information content (AvgIpc) is 2.44. The number of carboxylic acid groups (broad SMARTS) is 1. The van der Waals surface area contributed by atoms with Crippen LogP contribution in [0.4, 0.5) is 0 Å². The number of aromatic carboxylic acids is 1. The molecule has 0 radical (unpaired) electrons. The minimum Gasteiger partial charge on any atom is -0.478 e. The lowest BCUT2D eigenvalue weighted by Gasteiger charge is -2.29. The van der Waals surface area contributed by atoms with E-state index in [2.05, 4.69) is 6.92 Å². The lowest BCUT2D eigenvalue weighted by atomic mass is 9.78. The number of ether oxygens (including phenoxy) is 1. The summed E-state index contributed by atoms with van der Waals surface area (Å²) in [4.78, 5) is 23.9. The van der Waals surface area contributed by atoms with Crippen molar-refractivity contribution >= 4 is 11.9 Å². The molecule has 0 heterocycles. The summed E-state index contributed by atoms with van der Waals surface area (Å²) in [5.74, 6) is -0.712. The molecule has 0 bridgehead atoms. The van der Waals surface area contributed by atoms with E-state index >= 15 is 0 Å². The van der Waals surface area contributed by atoms with Gasteiger partial charge in [-0.05, 0) is 29.4 Å². The first-order valence-electron chi connectivity index (χ1n) is 9.01. The number of unbranched alkanes of at least 4 members (excludes halogenated alkanes) is 2. The maximum Gasteiger partial charge on any atom is 0.335 e. The highest BCUT2D eigenvalue weighted by Gasteiger charge is 2.30. The number of hydrogen-bond acceptors (Lipinski definition) is 3. The summed E-state index contributed by atoms with van der Waals surface area (Å²) < 4.78 is 5.78. The summed E-state index contributed by atoms with van der Waals surface area (Å²) in [6, 6.07) is 3.26. The highest BCUT2D eigenvalue weighted by molar-refractivity contribution is 5.89. The molecule has 0 saturated carbocycles. The van der Waals surface area contributed by atoms with Gasteiger partial charge in [-0.3, -0.25) is 4.79 Å². The predicted octanol–water partition coefficient (Wildman–Crippen LogP) is 5.47. The Labute approximate surface area is 151 Å². The monoisotopic (exact) mass is 348 g/mol. The van der Waals surface area contributed by atoms with Crippen molar-refractivity contribution in [3.8, 4) is 5.75 Å². The molecule has 25 heavy (non-hydrogen) atoms. The molecular weight excluding hydrogens is 316 g/mol. The molecule has 1 aromatic rings. The summed E-state index contributed by atoms with van der Waals surface area (Å²) in [5, 5.41) is 9.47. The second-order valence-corrected chi connectivity index (χ2v) is 8.64. The van der Waals surface area contributed by atoms with Crippen molar-refractivity contribution in [2.45, 2.75) is 85.0 Å². The average molecular weight is 348 g/mol. The standard InChI is InChI=1S/C21H32O4/c1-8-9-10-11-17(22)25-18-15(20(2,3)4)12-14(19(23)24)13-16(18)21(5,6)7/h12-13H,8-11H2,1-7H3,(H,23,24). The van der Waals surface area contributed by atoms with Crippen LogP contribution >= 0.6 is 0 Å². The van der Waals surface area contributed by atoms with Gasteiger partial charge in [-0.1, -0.05) is 61.3 Å². The van der Waals surface area contributed by atoms with Gasteiger partial charge in [0.05, 0.1) is 5.56 Å². The number of benzene rings is 1. The summed E-state index contributed by atoms with van der Waals surface area (Å²) in [6.07, 6.45) is 3.21. The van der Waals surface area contributed by atoms with Gasteiger partial charge in [0.1, 0.15) is 5.75 Å². The molecule has 0 atom stereocenters. The SMILES string of the molecule is CCCCCC(=O)Oc1c(C(C)(C)C)cc(C(=O)O)cc1C(C)(C)C. The molecule has 1 aromatic carbocycles. The van der Waals surface area contributed by atoms with E-state index in [0.717, 1.165) is 30.4 Å². The maximum absolute atomic E-state index is 12.3. The molecule has 0 amide bonds. The third-order valence-electron chi connectivity index (χ3n) is 4.15. The molecule has 0 spiro atoms. The van der Waals surface area contributed by atoms with Gasteiger partial charge in [0.15, 0.2) is 0 Å². The van der Waals surface area contributed by atoms with Crippen molar-refractivity contribution in [2.75, 3.05) is 0 Å². The van der Waals surface area contributed by atoms with E-state index in [-0.39, 0.29) is 22.4 Å². The zero-order valence-corrected chi connectivity index (χ0v) is 16.7. The highest BCUT2D eigenvalue weighted by Crippen LogP contribution is 2.41. The van der Waals surface area contributed by atoms with E-state index in [1.807, 2.05) is 41.5 Å². The number of rotatable bonds is 6. The van der Waals surface area contributed by atoms with E-state index in [1.54, 1.807) is 12.1 Å². The van der Waals surface area contributed by atoms with Gasteiger partial charge in [0.2, 0.25) is 0 Å². The third-order valence-corrected chi connectivity index (χ3v) is 4.15. The van der Waals surface area contributed by atoms with E-state index in [0.29, 0.717) is 12.2 Å². The van der Waals surface area contributed by atoms with Crippen LogP contribution in [0.1, 0.15) is 95.6 Å². The van der Waals surface area contributed by atoms with E-state index in [1.165, 1.54) is 0 Å². The van der Waals surface area contributed by atoms with Crippen LogP contribution in [0.15, 0.2) is 12.1 Å². The van der Waals surface area contributed by atoms with Crippen molar-refractivity contribution < 1.29 is 19.4 Å². The third kappa shape index (κ3) is 5.87. The molecule has 1 rings (SSSR count). The number of esters is 1. The zero-order valence-electron chi connectivity index (χ0n) is 16.7. The van der Waals surface area contributed by atoms with Crippen LogP contribution in [0.3, 0.4) is 0 Å². The summed E-state index contributed by atoms with van der Waals surface area (Å²) in [7, 11) is 0. The van der Waals surface area contributed by atoms with E-state index in [4.69, 9.17) is 4.74 Å². The topological polar surface area (TPSA) is 63.6 Å². The molecule has 0 unspecified atom stereocenters. The first-order chi connectivity index (χ1) is 11.4. The Hall–Kier alpha value is -1.84. The van der Waals surface area contributed by atoms with Crippen molar-refractivity contribution in [1.29, 1.82) is 0 Å². The van der Waals surface area contributed by atoms with Gasteiger partial charge >= 0.3 is 11.9 Å². The second kappa shape index (κ2) is 8.03. The normalized spacial score (nSPS) is 12.1. The smallest absolute Gasteiger partial charge is 0.335 e. The minimum atomic E-state index is -0.975. The Morgan fingerprint density at radius 2 is 1.44 bits per heavy atom. The predicted molar refractivity (Wildman–Crippen MR) is 101 cm³/mol. The lowest BCUT2D eigenvalue weighted by molar-refractivity contribution is -0.134. The Morgan fingerprint density at radius 3 is 1.80 bits per heavy atom. The zero-order chi connectivity index (χ0) is 19.4. The number of carboxylic acids is 1. The molecule has 0 fully saturated rings. The molecule has 140 valence electrons. The Morgan fingerprint density at radius 1 is 0.960 bits per heavy atom. The van der Waals surface area contributed by atoms with Crippen LogP contribution in [-0.4, -0.2) is 17.0 Å². The largest absolute Gasteiger partial charge is 0.478 e. The van der Waals surface area contributed by atoms with Gasteiger partial charge in [-0.2, -0.15) is 0 Å². The first-order valence-corrected chi connectivity index (χ1v) is 9.01. The Bertz CT molecular complexity index is 595. The fourth-order valence-electron chi connectivity index (χ4n) is 2.66. The number of carbonyl (C=O) groups is 2. The van der Waals surface area contributed by atoms with Crippen LogP contribution in [0, 0.1) is 0 Å². The molecule has 1 N–H and O–H groups in total.